The third-order valence-corrected chi connectivity index (χ3v) is 6.46. The van der Waals surface area contributed by atoms with Crippen molar-refractivity contribution in [3.05, 3.63) is 69.5 Å². The van der Waals surface area contributed by atoms with Gasteiger partial charge in [0.2, 0.25) is 0 Å². The third-order valence-electron chi connectivity index (χ3n) is 5.58. The minimum Gasteiger partial charge on any atom is -0.372 e. The number of dihydropyridines is 1. The van der Waals surface area contributed by atoms with E-state index in [1.165, 1.54) is 18.2 Å². The molecular weight excluding hydrogens is 380 g/mol. The Morgan fingerprint density at radius 3 is 2.61 bits per heavy atom. The molecule has 2 aliphatic rings. The quantitative estimate of drug-likeness (QED) is 0.815. The van der Waals surface area contributed by atoms with E-state index in [2.05, 4.69) is 22.1 Å². The van der Waals surface area contributed by atoms with Crippen molar-refractivity contribution < 1.29 is 13.0 Å². The van der Waals surface area contributed by atoms with E-state index in [0.717, 1.165) is 40.5 Å². The topological polar surface area (TPSA) is 48.1 Å². The van der Waals surface area contributed by atoms with Gasteiger partial charge in [0.25, 0.3) is 0 Å². The number of halogens is 2. The van der Waals surface area contributed by atoms with Crippen LogP contribution in [-0.4, -0.2) is 33.4 Å². The van der Waals surface area contributed by atoms with E-state index < -0.39 is 22.4 Å². The summed E-state index contributed by atoms with van der Waals surface area (Å²) in [5.74, 6) is -1.13. The highest BCUT2D eigenvalue weighted by Gasteiger charge is 2.30. The van der Waals surface area contributed by atoms with Crippen LogP contribution in [0.15, 0.2) is 46.6 Å². The molecule has 0 saturated heterocycles. The Balaban J connectivity index is 1.69. The Morgan fingerprint density at radius 1 is 1.25 bits per heavy atom. The zero-order valence-corrected chi connectivity index (χ0v) is 16.9. The Morgan fingerprint density at radius 2 is 1.96 bits per heavy atom. The normalized spacial score (nSPS) is 20.5. The van der Waals surface area contributed by atoms with Crippen LogP contribution in [0.5, 0.6) is 0 Å². The van der Waals surface area contributed by atoms with Crippen LogP contribution in [0.25, 0.3) is 11.3 Å². The largest absolute Gasteiger partial charge is 0.372 e. The molecule has 2 aromatic rings. The van der Waals surface area contributed by atoms with Crippen molar-refractivity contribution in [1.29, 1.82) is 0 Å². The number of rotatable bonds is 3. The number of nitrogens with zero attached hydrogens (tertiary/aromatic N) is 1. The van der Waals surface area contributed by atoms with Gasteiger partial charge in [-0.15, -0.1) is 0 Å². The molecule has 1 aromatic carbocycles. The molecule has 1 aromatic heterocycles. The average molecular weight is 403 g/mol. The van der Waals surface area contributed by atoms with Crippen molar-refractivity contribution in [2.45, 2.75) is 26.3 Å². The van der Waals surface area contributed by atoms with Gasteiger partial charge in [-0.25, -0.2) is 8.78 Å². The highest BCUT2D eigenvalue weighted by atomic mass is 32.2. The second-order valence-electron chi connectivity index (χ2n) is 7.28. The molecule has 28 heavy (non-hydrogen) atoms. The molecule has 3 heterocycles. The SMILES string of the molecule is CC1=C(N2CCc3[nH]c(-c4c(F)cccc4F)cc3C2C)CNC([S@](C)=O)=C1. The van der Waals surface area contributed by atoms with Gasteiger partial charge in [-0.3, -0.25) is 4.21 Å². The van der Waals surface area contributed by atoms with Crippen LogP contribution in [0.3, 0.4) is 0 Å². The highest BCUT2D eigenvalue weighted by Crippen LogP contribution is 2.37. The number of hydrogen-bond acceptors (Lipinski definition) is 3. The number of aromatic amines is 1. The number of fused-ring (bicyclic) bond motifs is 1. The second kappa shape index (κ2) is 7.20. The lowest BCUT2D eigenvalue weighted by molar-refractivity contribution is 0.248. The molecule has 0 amide bonds. The van der Waals surface area contributed by atoms with E-state index in [4.69, 9.17) is 0 Å². The smallest absolute Gasteiger partial charge is 0.135 e. The molecule has 0 fully saturated rings. The fourth-order valence-corrected chi connectivity index (χ4v) is 4.72. The first-order chi connectivity index (χ1) is 13.4. The first-order valence-electron chi connectivity index (χ1n) is 9.28. The molecule has 0 spiro atoms. The van der Waals surface area contributed by atoms with Crippen molar-refractivity contribution in [1.82, 2.24) is 15.2 Å². The van der Waals surface area contributed by atoms with Gasteiger partial charge >= 0.3 is 0 Å². The summed E-state index contributed by atoms with van der Waals surface area (Å²) < 4.78 is 40.1. The van der Waals surface area contributed by atoms with Crippen molar-refractivity contribution in [3.63, 3.8) is 0 Å². The molecule has 2 atom stereocenters. The molecular formula is C21H23F2N3OS. The molecule has 4 rings (SSSR count). The molecule has 148 valence electrons. The highest BCUT2D eigenvalue weighted by molar-refractivity contribution is 7.88. The lowest BCUT2D eigenvalue weighted by Gasteiger charge is -2.39. The van der Waals surface area contributed by atoms with Crippen LogP contribution in [0.1, 0.15) is 31.1 Å². The average Bonchev–Trinajstić information content (AvgIpc) is 3.07. The zero-order chi connectivity index (χ0) is 20.0. The summed E-state index contributed by atoms with van der Waals surface area (Å²) in [5, 5.41) is 3.98. The fraction of sp³-hybridized carbons (Fsp3) is 0.333. The van der Waals surface area contributed by atoms with Crippen molar-refractivity contribution >= 4 is 10.8 Å². The van der Waals surface area contributed by atoms with Crippen LogP contribution in [0.2, 0.25) is 0 Å². The fourth-order valence-electron chi connectivity index (χ4n) is 4.10. The predicted octanol–water partition coefficient (Wildman–Crippen LogP) is 3.98. The van der Waals surface area contributed by atoms with Gasteiger partial charge < -0.3 is 15.2 Å². The summed E-state index contributed by atoms with van der Waals surface area (Å²) in [7, 11) is -1.04. The molecule has 7 heteroatoms. The van der Waals surface area contributed by atoms with Crippen molar-refractivity contribution in [2.24, 2.45) is 0 Å². The van der Waals surface area contributed by atoms with Crippen LogP contribution in [-0.2, 0) is 17.2 Å². The van der Waals surface area contributed by atoms with Gasteiger partial charge in [0.15, 0.2) is 0 Å². The number of benzene rings is 1. The standard InChI is InChI=1S/C21H23F2N3OS/c1-12-9-20(28(3)27)24-11-19(12)26-8-7-17-14(13(26)2)10-18(25-17)21-15(22)5-4-6-16(21)23/h4-6,9-10,13,24-25H,7-8,11H2,1-3H3/t13?,28-/m0/s1. The number of nitrogens with one attached hydrogen (secondary N) is 2. The van der Waals surface area contributed by atoms with Gasteiger partial charge in [-0.1, -0.05) is 6.07 Å². The molecule has 0 aliphatic carbocycles. The van der Waals surface area contributed by atoms with E-state index in [1.54, 1.807) is 6.26 Å². The van der Waals surface area contributed by atoms with Crippen molar-refractivity contribution in [2.75, 3.05) is 19.3 Å². The summed E-state index contributed by atoms with van der Waals surface area (Å²) >= 11 is 0. The molecule has 1 unspecified atom stereocenters. The summed E-state index contributed by atoms with van der Waals surface area (Å²) in [6.45, 7) is 5.56. The van der Waals surface area contributed by atoms with Crippen LogP contribution in [0.4, 0.5) is 8.78 Å². The third kappa shape index (κ3) is 3.17. The zero-order valence-electron chi connectivity index (χ0n) is 16.1. The van der Waals surface area contributed by atoms with E-state index in [9.17, 15) is 13.0 Å². The molecule has 0 radical (unpaired) electrons. The Hall–Kier alpha value is -2.41. The summed E-state index contributed by atoms with van der Waals surface area (Å²) in [6, 6.07) is 5.85. The molecule has 0 bridgehead atoms. The number of hydrogen-bond donors (Lipinski definition) is 2. The first kappa shape index (κ1) is 18.9. The van der Waals surface area contributed by atoms with Gasteiger partial charge in [0, 0.05) is 30.6 Å². The lowest BCUT2D eigenvalue weighted by Crippen LogP contribution is -2.39. The summed E-state index contributed by atoms with van der Waals surface area (Å²) in [4.78, 5) is 5.54. The number of aromatic nitrogens is 1. The Bertz CT molecular complexity index is 1000. The lowest BCUT2D eigenvalue weighted by atomic mass is 9.97. The van der Waals surface area contributed by atoms with Gasteiger partial charge in [0.05, 0.1) is 39.7 Å². The van der Waals surface area contributed by atoms with Crippen LogP contribution < -0.4 is 5.32 Å². The summed E-state index contributed by atoms with van der Waals surface area (Å²) in [6.07, 6.45) is 4.37. The van der Waals surface area contributed by atoms with E-state index in [0.29, 0.717) is 12.2 Å². The second-order valence-corrected chi connectivity index (χ2v) is 8.63. The maximum absolute atomic E-state index is 14.2. The molecule has 0 saturated carbocycles. The van der Waals surface area contributed by atoms with Gasteiger partial charge in [-0.2, -0.15) is 0 Å². The molecule has 4 nitrogen and oxygen atoms in total. The number of H-pyrrole nitrogens is 1. The summed E-state index contributed by atoms with van der Waals surface area (Å²) in [5.41, 5.74) is 4.79. The van der Waals surface area contributed by atoms with Gasteiger partial charge in [-0.05, 0) is 49.3 Å². The number of allylic oxidation sites excluding steroid dienone is 2. The Kier molecular flexibility index (Phi) is 4.87. The van der Waals surface area contributed by atoms with Gasteiger partial charge in [0.1, 0.15) is 11.6 Å². The predicted molar refractivity (Wildman–Crippen MR) is 108 cm³/mol. The molecule has 2 N–H and O–H groups in total. The van der Waals surface area contributed by atoms with E-state index in [1.807, 2.05) is 19.1 Å². The maximum Gasteiger partial charge on any atom is 0.135 e. The first-order valence-corrected chi connectivity index (χ1v) is 10.8. The van der Waals surface area contributed by atoms with Crippen molar-refractivity contribution in [3.8, 4) is 11.3 Å². The molecule has 2 aliphatic heterocycles. The minimum absolute atomic E-state index is 0.0108. The monoisotopic (exact) mass is 403 g/mol. The van der Waals surface area contributed by atoms with Crippen LogP contribution in [0, 0.1) is 11.6 Å². The van der Waals surface area contributed by atoms with E-state index >= 15 is 0 Å². The minimum atomic E-state index is -1.04. The maximum atomic E-state index is 14.2. The Labute approximate surface area is 165 Å². The van der Waals surface area contributed by atoms with E-state index in [-0.39, 0.29) is 11.6 Å². The van der Waals surface area contributed by atoms with Crippen LogP contribution >= 0.6 is 0 Å².